The smallest absolute Gasteiger partial charge is 0.278 e. The number of amides is 1. The number of aromatic nitrogens is 1. The number of carbonyl (C=O) groups is 1. The summed E-state index contributed by atoms with van der Waals surface area (Å²) in [7, 11) is 4.23. The maximum absolute atomic E-state index is 12.2. The molecule has 0 saturated heterocycles. The van der Waals surface area contributed by atoms with E-state index in [1.807, 2.05) is 0 Å². The first-order chi connectivity index (χ1) is 10.8. The van der Waals surface area contributed by atoms with E-state index in [-0.39, 0.29) is 5.03 Å². The average molecular weight is 357 g/mol. The van der Waals surface area contributed by atoms with E-state index in [1.165, 1.54) is 38.6 Å². The third-order valence-corrected chi connectivity index (χ3v) is 4.11. The number of hydrogen-bond acceptors (Lipinski definition) is 6. The number of halogens is 1. The topological polar surface area (TPSA) is 94.6 Å². The molecule has 23 heavy (non-hydrogen) atoms. The van der Waals surface area contributed by atoms with Crippen LogP contribution in [0.15, 0.2) is 41.6 Å². The number of anilines is 1. The molecule has 0 fully saturated rings. The second-order valence-corrected chi connectivity index (χ2v) is 6.86. The minimum atomic E-state index is -3.90. The van der Waals surface area contributed by atoms with Gasteiger partial charge < -0.3 is 14.8 Å². The van der Waals surface area contributed by atoms with Crippen molar-refractivity contribution in [3.05, 3.63) is 42.1 Å². The molecule has 0 radical (unpaired) electrons. The van der Waals surface area contributed by atoms with E-state index >= 15 is 0 Å². The molecular formula is C14H13ClN2O5S. The lowest BCUT2D eigenvalue weighted by Crippen LogP contribution is -2.12. The molecule has 0 bridgehead atoms. The van der Waals surface area contributed by atoms with E-state index in [0.29, 0.717) is 22.7 Å². The van der Waals surface area contributed by atoms with Crippen molar-refractivity contribution in [2.45, 2.75) is 5.03 Å². The van der Waals surface area contributed by atoms with Crippen LogP contribution in [0.1, 0.15) is 10.4 Å². The number of methoxy groups -OCH3 is 2. The number of nitrogens with one attached hydrogen (secondary N) is 1. The van der Waals surface area contributed by atoms with E-state index in [2.05, 4.69) is 10.3 Å². The molecule has 1 N–H and O–H groups in total. The minimum Gasteiger partial charge on any atom is -0.493 e. The Labute approximate surface area is 137 Å². The molecule has 2 aromatic rings. The molecule has 1 aromatic carbocycles. The third-order valence-electron chi connectivity index (χ3n) is 2.89. The zero-order valence-corrected chi connectivity index (χ0v) is 13.8. The van der Waals surface area contributed by atoms with Crippen molar-refractivity contribution in [3.8, 4) is 11.5 Å². The summed E-state index contributed by atoms with van der Waals surface area (Å²) in [4.78, 5) is 15.9. The Morgan fingerprint density at radius 2 is 1.83 bits per heavy atom. The molecule has 7 nitrogen and oxygen atoms in total. The largest absolute Gasteiger partial charge is 0.493 e. The van der Waals surface area contributed by atoms with E-state index in [1.54, 1.807) is 12.1 Å². The van der Waals surface area contributed by atoms with Crippen molar-refractivity contribution in [1.29, 1.82) is 0 Å². The highest BCUT2D eigenvalue weighted by Gasteiger charge is 2.13. The Bertz CT molecular complexity index is 822. The molecule has 122 valence electrons. The quantitative estimate of drug-likeness (QED) is 0.826. The summed E-state index contributed by atoms with van der Waals surface area (Å²) >= 11 is 0. The monoisotopic (exact) mass is 356 g/mol. The highest BCUT2D eigenvalue weighted by molar-refractivity contribution is 8.13. The number of hydrogen-bond donors (Lipinski definition) is 1. The lowest BCUT2D eigenvalue weighted by Gasteiger charge is -2.10. The van der Waals surface area contributed by atoms with Gasteiger partial charge in [-0.15, -0.1) is 0 Å². The van der Waals surface area contributed by atoms with Crippen molar-refractivity contribution in [1.82, 2.24) is 4.98 Å². The first-order valence-corrected chi connectivity index (χ1v) is 8.60. The van der Waals surface area contributed by atoms with E-state index in [4.69, 9.17) is 20.2 Å². The predicted molar refractivity (Wildman–Crippen MR) is 84.8 cm³/mol. The first-order valence-electron chi connectivity index (χ1n) is 6.29. The number of carbonyl (C=O) groups excluding carboxylic acids is 1. The number of nitrogens with zero attached hydrogens (tertiary/aromatic N) is 1. The van der Waals surface area contributed by atoms with Crippen LogP contribution in [0.25, 0.3) is 0 Å². The van der Waals surface area contributed by atoms with Crippen LogP contribution in [-0.4, -0.2) is 33.5 Å². The molecular weight excluding hydrogens is 344 g/mol. The Kier molecular flexibility index (Phi) is 5.07. The number of pyridine rings is 1. The molecule has 0 saturated carbocycles. The van der Waals surface area contributed by atoms with Crippen molar-refractivity contribution >= 4 is 31.3 Å². The number of rotatable bonds is 5. The van der Waals surface area contributed by atoms with Crippen LogP contribution in [-0.2, 0) is 9.05 Å². The molecule has 1 amide bonds. The van der Waals surface area contributed by atoms with Crippen LogP contribution >= 0.6 is 10.7 Å². The average Bonchev–Trinajstić information content (AvgIpc) is 2.53. The minimum absolute atomic E-state index is 0.289. The van der Waals surface area contributed by atoms with Crippen molar-refractivity contribution in [3.63, 3.8) is 0 Å². The van der Waals surface area contributed by atoms with Gasteiger partial charge in [0.1, 0.15) is 0 Å². The van der Waals surface area contributed by atoms with Gasteiger partial charge in [0.2, 0.25) is 0 Å². The second-order valence-electron chi connectivity index (χ2n) is 4.35. The first kappa shape index (κ1) is 17.0. The molecule has 0 aliphatic carbocycles. The van der Waals surface area contributed by atoms with Crippen molar-refractivity contribution in [2.75, 3.05) is 19.5 Å². The van der Waals surface area contributed by atoms with Crippen LogP contribution in [0, 0.1) is 0 Å². The summed E-state index contributed by atoms with van der Waals surface area (Å²) in [5, 5.41) is 2.30. The maximum Gasteiger partial charge on any atom is 0.278 e. The van der Waals surface area contributed by atoms with Crippen LogP contribution < -0.4 is 14.8 Å². The molecule has 1 aromatic heterocycles. The molecule has 0 spiro atoms. The molecule has 0 atom stereocenters. The lowest BCUT2D eigenvalue weighted by atomic mass is 10.2. The molecule has 0 unspecified atom stereocenters. The predicted octanol–water partition coefficient (Wildman–Crippen LogP) is 2.28. The summed E-state index contributed by atoms with van der Waals surface area (Å²) < 4.78 is 32.4. The van der Waals surface area contributed by atoms with Gasteiger partial charge in [-0.2, -0.15) is 0 Å². The zero-order chi connectivity index (χ0) is 17.0. The Hall–Kier alpha value is -2.32. The fourth-order valence-electron chi connectivity index (χ4n) is 1.78. The van der Waals surface area contributed by atoms with Crippen LogP contribution in [0.5, 0.6) is 11.5 Å². The van der Waals surface area contributed by atoms with Crippen LogP contribution in [0.3, 0.4) is 0 Å². The van der Waals surface area contributed by atoms with Gasteiger partial charge in [0.25, 0.3) is 15.0 Å². The summed E-state index contributed by atoms with van der Waals surface area (Å²) in [5.74, 6) is 0.512. The maximum atomic E-state index is 12.2. The van der Waals surface area contributed by atoms with Crippen molar-refractivity contribution in [2.24, 2.45) is 0 Å². The van der Waals surface area contributed by atoms with Gasteiger partial charge in [-0.1, -0.05) is 0 Å². The normalized spacial score (nSPS) is 10.9. The van der Waals surface area contributed by atoms with Gasteiger partial charge in [-0.25, -0.2) is 13.4 Å². The van der Waals surface area contributed by atoms with Gasteiger partial charge in [-0.05, 0) is 30.3 Å². The molecule has 1 heterocycles. The van der Waals surface area contributed by atoms with E-state index in [9.17, 15) is 13.2 Å². The lowest BCUT2D eigenvalue weighted by molar-refractivity contribution is 0.102. The summed E-state index contributed by atoms with van der Waals surface area (Å²) in [5.41, 5.74) is 0.672. The zero-order valence-electron chi connectivity index (χ0n) is 12.2. The SMILES string of the molecule is COc1ccc(C(=O)Nc2ccc(S(=O)(=O)Cl)nc2)cc1OC. The molecule has 9 heteroatoms. The van der Waals surface area contributed by atoms with Gasteiger partial charge in [-0.3, -0.25) is 4.79 Å². The summed E-state index contributed by atoms with van der Waals surface area (Å²) in [6.45, 7) is 0. The van der Waals surface area contributed by atoms with E-state index in [0.717, 1.165) is 0 Å². The number of ether oxygens (including phenoxy) is 2. The van der Waals surface area contributed by atoms with Gasteiger partial charge in [0.15, 0.2) is 16.5 Å². The molecule has 0 aliphatic heterocycles. The summed E-state index contributed by atoms with van der Waals surface area (Å²) in [6.07, 6.45) is 1.20. The van der Waals surface area contributed by atoms with Gasteiger partial charge in [0, 0.05) is 16.2 Å². The van der Waals surface area contributed by atoms with Gasteiger partial charge >= 0.3 is 0 Å². The summed E-state index contributed by atoms with van der Waals surface area (Å²) in [6, 6.07) is 7.30. The third kappa shape index (κ3) is 4.11. The Morgan fingerprint density at radius 1 is 1.13 bits per heavy atom. The Balaban J connectivity index is 2.19. The van der Waals surface area contributed by atoms with Crippen LogP contribution in [0.4, 0.5) is 5.69 Å². The van der Waals surface area contributed by atoms with Crippen LogP contribution in [0.2, 0.25) is 0 Å². The highest BCUT2D eigenvalue weighted by Crippen LogP contribution is 2.27. The standard InChI is InChI=1S/C14H13ClN2O5S/c1-21-11-5-3-9(7-12(11)22-2)14(18)17-10-4-6-13(16-8-10)23(15,19)20/h3-8H,1-2H3,(H,17,18). The molecule has 0 aliphatic rings. The Morgan fingerprint density at radius 3 is 2.35 bits per heavy atom. The molecule has 2 rings (SSSR count). The second kappa shape index (κ2) is 6.84. The van der Waals surface area contributed by atoms with Crippen molar-refractivity contribution < 1.29 is 22.7 Å². The highest BCUT2D eigenvalue weighted by atomic mass is 35.7. The fourth-order valence-corrected chi connectivity index (χ4v) is 2.46. The fraction of sp³-hybridized carbons (Fsp3) is 0.143. The number of benzene rings is 1. The van der Waals surface area contributed by atoms with Gasteiger partial charge in [0.05, 0.1) is 26.1 Å². The van der Waals surface area contributed by atoms with E-state index < -0.39 is 15.0 Å².